The summed E-state index contributed by atoms with van der Waals surface area (Å²) in [6.07, 6.45) is -3.95. The van der Waals surface area contributed by atoms with E-state index in [0.29, 0.717) is 32.9 Å². The Morgan fingerprint density at radius 3 is 2.03 bits per heavy atom. The first-order valence-electron chi connectivity index (χ1n) is 10.7. The second kappa shape index (κ2) is 10.7. The highest BCUT2D eigenvalue weighted by atomic mass is 32.2. The number of hydrogen-bond donors (Lipinski definition) is 3. The highest BCUT2D eigenvalue weighted by Crippen LogP contribution is 2.40. The van der Waals surface area contributed by atoms with Crippen LogP contribution in [-0.4, -0.2) is 53.7 Å². The van der Waals surface area contributed by atoms with Crippen LogP contribution in [0.3, 0.4) is 0 Å². The van der Waals surface area contributed by atoms with Crippen molar-refractivity contribution < 1.29 is 36.6 Å². The lowest BCUT2D eigenvalue weighted by Gasteiger charge is -2.35. The third-order valence-corrected chi connectivity index (χ3v) is 7.27. The zero-order valence-electron chi connectivity index (χ0n) is 19.1. The SMILES string of the molecule is CCCN(CCC)S(=O)(=O)c1ccc(C(NC(=O)c2ccccc2O)C(C)(O)C(F)(F)F)cc1. The van der Waals surface area contributed by atoms with Crippen LogP contribution >= 0.6 is 0 Å². The lowest BCUT2D eigenvalue weighted by atomic mass is 9.89. The minimum Gasteiger partial charge on any atom is -0.507 e. The molecule has 2 aromatic carbocycles. The van der Waals surface area contributed by atoms with Gasteiger partial charge in [0, 0.05) is 13.1 Å². The van der Waals surface area contributed by atoms with Gasteiger partial charge in [0.2, 0.25) is 10.0 Å². The molecule has 0 saturated heterocycles. The zero-order chi connectivity index (χ0) is 25.7. The summed E-state index contributed by atoms with van der Waals surface area (Å²) in [5.41, 5.74) is -3.84. The van der Waals surface area contributed by atoms with Crippen LogP contribution in [0.25, 0.3) is 0 Å². The molecule has 0 fully saturated rings. The molecule has 0 saturated carbocycles. The number of alkyl halides is 3. The van der Waals surface area contributed by atoms with Crippen molar-refractivity contribution in [1.29, 1.82) is 0 Å². The van der Waals surface area contributed by atoms with E-state index in [1.54, 1.807) is 0 Å². The number of halogens is 3. The Bertz CT molecular complexity index is 1080. The molecular weight excluding hydrogens is 473 g/mol. The van der Waals surface area contributed by atoms with Crippen molar-refractivity contribution in [3.05, 3.63) is 59.7 Å². The van der Waals surface area contributed by atoms with E-state index in [9.17, 15) is 36.6 Å². The Labute approximate surface area is 197 Å². The second-order valence-corrected chi connectivity index (χ2v) is 9.98. The first-order chi connectivity index (χ1) is 15.8. The Hall–Kier alpha value is -2.63. The van der Waals surface area contributed by atoms with Gasteiger partial charge in [0.25, 0.3) is 5.91 Å². The topological polar surface area (TPSA) is 107 Å². The Morgan fingerprint density at radius 2 is 1.56 bits per heavy atom. The average Bonchev–Trinajstić information content (AvgIpc) is 2.76. The molecular formula is C23H29F3N2O5S. The van der Waals surface area contributed by atoms with Gasteiger partial charge in [-0.15, -0.1) is 0 Å². The maximum atomic E-state index is 13.7. The van der Waals surface area contributed by atoms with Crippen molar-refractivity contribution in [2.45, 2.75) is 56.3 Å². The minimum absolute atomic E-state index is 0.115. The monoisotopic (exact) mass is 502 g/mol. The molecule has 0 aliphatic carbocycles. The third kappa shape index (κ3) is 5.89. The molecule has 2 unspecified atom stereocenters. The predicted molar refractivity (Wildman–Crippen MR) is 121 cm³/mol. The number of nitrogens with zero attached hydrogens (tertiary/aromatic N) is 1. The minimum atomic E-state index is -5.13. The van der Waals surface area contributed by atoms with E-state index >= 15 is 0 Å². The number of nitrogens with one attached hydrogen (secondary N) is 1. The van der Waals surface area contributed by atoms with Crippen molar-refractivity contribution in [3.63, 3.8) is 0 Å². The van der Waals surface area contributed by atoms with E-state index in [1.807, 2.05) is 13.8 Å². The summed E-state index contributed by atoms with van der Waals surface area (Å²) in [5, 5.41) is 22.4. The van der Waals surface area contributed by atoms with E-state index in [1.165, 1.54) is 28.6 Å². The molecule has 0 aromatic heterocycles. The van der Waals surface area contributed by atoms with Crippen LogP contribution in [0.2, 0.25) is 0 Å². The largest absolute Gasteiger partial charge is 0.507 e. The number of aliphatic hydroxyl groups is 1. The fraction of sp³-hybridized carbons (Fsp3) is 0.435. The van der Waals surface area contributed by atoms with Gasteiger partial charge in [0.05, 0.1) is 16.5 Å². The molecule has 3 N–H and O–H groups in total. The van der Waals surface area contributed by atoms with E-state index in [2.05, 4.69) is 5.32 Å². The number of carbonyl (C=O) groups excluding carboxylic acids is 1. The molecule has 2 atom stereocenters. The van der Waals surface area contributed by atoms with Gasteiger partial charge >= 0.3 is 6.18 Å². The molecule has 0 bridgehead atoms. The summed E-state index contributed by atoms with van der Waals surface area (Å²) >= 11 is 0. The molecule has 7 nitrogen and oxygen atoms in total. The predicted octanol–water partition coefficient (Wildman–Crippen LogP) is 3.99. The number of para-hydroxylation sites is 1. The maximum Gasteiger partial charge on any atom is 0.419 e. The number of sulfonamides is 1. The van der Waals surface area contributed by atoms with Crippen LogP contribution in [0.15, 0.2) is 53.4 Å². The second-order valence-electron chi connectivity index (χ2n) is 8.04. The van der Waals surface area contributed by atoms with Crippen molar-refractivity contribution in [3.8, 4) is 5.75 Å². The number of carbonyl (C=O) groups is 1. The molecule has 2 rings (SSSR count). The van der Waals surface area contributed by atoms with Crippen molar-refractivity contribution in [2.24, 2.45) is 0 Å². The van der Waals surface area contributed by atoms with Crippen LogP contribution in [0.5, 0.6) is 5.75 Å². The van der Waals surface area contributed by atoms with Gasteiger partial charge in [-0.25, -0.2) is 8.42 Å². The van der Waals surface area contributed by atoms with E-state index in [-0.39, 0.29) is 16.0 Å². The molecule has 0 aliphatic heterocycles. The highest BCUT2D eigenvalue weighted by molar-refractivity contribution is 7.89. The summed E-state index contributed by atoms with van der Waals surface area (Å²) in [5.74, 6) is -1.49. The highest BCUT2D eigenvalue weighted by Gasteiger charge is 2.56. The lowest BCUT2D eigenvalue weighted by Crippen LogP contribution is -2.53. The number of amides is 1. The molecule has 0 heterocycles. The first-order valence-corrected chi connectivity index (χ1v) is 12.2. The summed E-state index contributed by atoms with van der Waals surface area (Å²) in [6.45, 7) is 4.76. The fourth-order valence-electron chi connectivity index (χ4n) is 3.42. The molecule has 0 spiro atoms. The Kier molecular flexibility index (Phi) is 8.73. The van der Waals surface area contributed by atoms with Gasteiger partial charge in [-0.1, -0.05) is 38.1 Å². The molecule has 0 radical (unpaired) electrons. The normalized spacial score (nSPS) is 15.1. The first kappa shape index (κ1) is 27.6. The quantitative estimate of drug-likeness (QED) is 0.456. The van der Waals surface area contributed by atoms with Crippen molar-refractivity contribution in [1.82, 2.24) is 9.62 Å². The van der Waals surface area contributed by atoms with Crippen LogP contribution in [0.4, 0.5) is 13.2 Å². The summed E-state index contributed by atoms with van der Waals surface area (Å²) in [7, 11) is -3.88. The Balaban J connectivity index is 2.48. The molecule has 2 aromatic rings. The number of rotatable bonds is 10. The molecule has 34 heavy (non-hydrogen) atoms. The molecule has 11 heteroatoms. The molecule has 0 aliphatic rings. The van der Waals surface area contributed by atoms with Crippen LogP contribution in [0.1, 0.15) is 55.6 Å². The number of benzene rings is 2. The smallest absolute Gasteiger partial charge is 0.419 e. The maximum absolute atomic E-state index is 13.7. The summed E-state index contributed by atoms with van der Waals surface area (Å²) < 4.78 is 68.3. The third-order valence-electron chi connectivity index (χ3n) is 5.36. The van der Waals surface area contributed by atoms with Crippen molar-refractivity contribution in [2.75, 3.05) is 13.1 Å². The summed E-state index contributed by atoms with van der Waals surface area (Å²) in [4.78, 5) is 12.5. The van der Waals surface area contributed by atoms with Crippen LogP contribution < -0.4 is 5.32 Å². The van der Waals surface area contributed by atoms with Gasteiger partial charge in [-0.05, 0) is 49.6 Å². The number of phenols is 1. The van der Waals surface area contributed by atoms with E-state index < -0.39 is 39.5 Å². The number of aromatic hydroxyl groups is 1. The fourth-order valence-corrected chi connectivity index (χ4v) is 5.04. The molecule has 188 valence electrons. The van der Waals surface area contributed by atoms with Gasteiger partial charge in [-0.2, -0.15) is 17.5 Å². The van der Waals surface area contributed by atoms with Crippen molar-refractivity contribution >= 4 is 15.9 Å². The van der Waals surface area contributed by atoms with E-state index in [0.717, 1.165) is 24.3 Å². The summed E-state index contributed by atoms with van der Waals surface area (Å²) in [6, 6.07) is 7.83. The lowest BCUT2D eigenvalue weighted by molar-refractivity contribution is -0.263. The standard InChI is InChI=1S/C23H29F3N2O5S/c1-4-14-28(15-5-2)34(32,33)17-12-10-16(11-13-17)20(22(3,31)23(24,25)26)27-21(30)18-8-6-7-9-19(18)29/h6-13,20,29,31H,4-5,14-15H2,1-3H3,(H,27,30). The van der Waals surface area contributed by atoms with E-state index in [4.69, 9.17) is 0 Å². The Morgan fingerprint density at radius 1 is 1.03 bits per heavy atom. The zero-order valence-corrected chi connectivity index (χ0v) is 19.9. The van der Waals surface area contributed by atoms with Gasteiger partial charge in [0.15, 0.2) is 5.60 Å². The van der Waals surface area contributed by atoms with Crippen LogP contribution in [-0.2, 0) is 10.0 Å². The van der Waals surface area contributed by atoms with Gasteiger partial charge < -0.3 is 15.5 Å². The number of hydrogen-bond acceptors (Lipinski definition) is 5. The van der Waals surface area contributed by atoms with Gasteiger partial charge in [-0.3, -0.25) is 4.79 Å². The van der Waals surface area contributed by atoms with Gasteiger partial charge in [0.1, 0.15) is 5.75 Å². The average molecular weight is 503 g/mol. The van der Waals surface area contributed by atoms with Crippen LogP contribution in [0, 0.1) is 0 Å². The number of phenolic OH excluding ortho intramolecular Hbond substituents is 1. The molecule has 1 amide bonds.